The van der Waals surface area contributed by atoms with E-state index in [9.17, 15) is 14.7 Å². The Balaban J connectivity index is 1.69. The fraction of sp³-hybridized carbons (Fsp3) is 0.304. The van der Waals surface area contributed by atoms with Crippen LogP contribution in [-0.4, -0.2) is 57.8 Å². The van der Waals surface area contributed by atoms with Crippen LogP contribution in [0.4, 0.5) is 4.79 Å². The Kier molecular flexibility index (Phi) is 7.17. The van der Waals surface area contributed by atoms with Crippen molar-refractivity contribution >= 4 is 12.1 Å². The molecule has 2 N–H and O–H groups in total. The summed E-state index contributed by atoms with van der Waals surface area (Å²) in [7, 11) is 1.51. The molecule has 2 heterocycles. The van der Waals surface area contributed by atoms with Crippen molar-refractivity contribution in [3.8, 4) is 28.6 Å². The van der Waals surface area contributed by atoms with Crippen LogP contribution in [0.5, 0.6) is 11.6 Å². The number of rotatable bonds is 8. The molecule has 0 bridgehead atoms. The van der Waals surface area contributed by atoms with E-state index >= 15 is 0 Å². The van der Waals surface area contributed by atoms with E-state index in [1.807, 2.05) is 0 Å². The second-order valence-corrected chi connectivity index (χ2v) is 7.99. The summed E-state index contributed by atoms with van der Waals surface area (Å²) in [5, 5.41) is 16.2. The second kappa shape index (κ2) is 10.0. The van der Waals surface area contributed by atoms with Crippen molar-refractivity contribution in [3.05, 3.63) is 54.4 Å². The lowest BCUT2D eigenvalue weighted by molar-refractivity contribution is 0.0519. The molecule has 3 rings (SSSR count). The highest BCUT2D eigenvalue weighted by molar-refractivity contribution is 5.87. The number of carbonyl (C=O) groups excluding carboxylic acids is 1. The van der Waals surface area contributed by atoms with E-state index in [4.69, 9.17) is 14.2 Å². The molecule has 0 aliphatic carbocycles. The summed E-state index contributed by atoms with van der Waals surface area (Å²) in [5.41, 5.74) is 1.26. The molecule has 0 spiro atoms. The summed E-state index contributed by atoms with van der Waals surface area (Å²) in [5.74, 6) is -0.0946. The Hall–Kier alpha value is -4.08. The van der Waals surface area contributed by atoms with Crippen LogP contribution < -0.4 is 14.8 Å². The number of methoxy groups -OCH3 is 1. The third-order valence-electron chi connectivity index (χ3n) is 4.29. The van der Waals surface area contributed by atoms with Crippen LogP contribution >= 0.6 is 0 Å². The molecular formula is C23H26N4O6. The van der Waals surface area contributed by atoms with Crippen LogP contribution in [-0.2, 0) is 4.74 Å². The molecule has 0 atom stereocenters. The molecule has 0 saturated heterocycles. The van der Waals surface area contributed by atoms with Crippen molar-refractivity contribution in [3.63, 3.8) is 0 Å². The van der Waals surface area contributed by atoms with Gasteiger partial charge in [-0.3, -0.25) is 0 Å². The molecule has 10 heteroatoms. The summed E-state index contributed by atoms with van der Waals surface area (Å²) >= 11 is 0. The Morgan fingerprint density at radius 2 is 1.85 bits per heavy atom. The molecule has 10 nitrogen and oxygen atoms in total. The standard InChI is InChI=1S/C23H26N4O6/c1-23(2,3)33-22(30)24-11-12-32-17-8-5-15(6-9-17)19-13-18(21(28)29)26-27(19)16-7-10-20(31-4)25-14-16/h5-10,13-14H,11-12H2,1-4H3,(H,24,30)(H,28,29). The third kappa shape index (κ3) is 6.45. The van der Waals surface area contributed by atoms with Crippen LogP contribution in [0.2, 0.25) is 0 Å². The minimum Gasteiger partial charge on any atom is -0.492 e. The van der Waals surface area contributed by atoms with Gasteiger partial charge in [-0.05, 0) is 57.2 Å². The Bertz CT molecular complexity index is 1100. The molecule has 0 saturated carbocycles. The number of carboxylic acids is 1. The smallest absolute Gasteiger partial charge is 0.407 e. The monoisotopic (exact) mass is 454 g/mol. The number of aromatic nitrogens is 3. The molecule has 0 fully saturated rings. The van der Waals surface area contributed by atoms with Gasteiger partial charge < -0.3 is 24.6 Å². The zero-order valence-electron chi connectivity index (χ0n) is 18.9. The summed E-state index contributed by atoms with van der Waals surface area (Å²) in [6.45, 7) is 5.93. The van der Waals surface area contributed by atoms with Crippen LogP contribution in [0.25, 0.3) is 16.9 Å². The Morgan fingerprint density at radius 1 is 1.12 bits per heavy atom. The normalized spacial score (nSPS) is 11.0. The van der Waals surface area contributed by atoms with E-state index in [1.54, 1.807) is 63.4 Å². The maximum Gasteiger partial charge on any atom is 0.407 e. The number of pyridine rings is 1. The molecule has 33 heavy (non-hydrogen) atoms. The lowest BCUT2D eigenvalue weighted by Crippen LogP contribution is -2.34. The number of hydrogen-bond acceptors (Lipinski definition) is 7. The molecule has 0 unspecified atom stereocenters. The lowest BCUT2D eigenvalue weighted by atomic mass is 10.1. The van der Waals surface area contributed by atoms with E-state index in [-0.39, 0.29) is 18.8 Å². The first-order valence-electron chi connectivity index (χ1n) is 10.2. The van der Waals surface area contributed by atoms with Gasteiger partial charge in [-0.2, -0.15) is 5.10 Å². The average molecular weight is 454 g/mol. The first-order chi connectivity index (χ1) is 15.7. The van der Waals surface area contributed by atoms with Gasteiger partial charge in [0.15, 0.2) is 5.69 Å². The molecule has 0 aliphatic rings. The minimum absolute atomic E-state index is 0.0886. The topological polar surface area (TPSA) is 125 Å². The van der Waals surface area contributed by atoms with Crippen LogP contribution in [0, 0.1) is 0 Å². The summed E-state index contributed by atoms with van der Waals surface area (Å²) < 4.78 is 17.4. The molecular weight excluding hydrogens is 428 g/mol. The van der Waals surface area contributed by atoms with Crippen molar-refractivity contribution in [2.24, 2.45) is 0 Å². The van der Waals surface area contributed by atoms with Crippen molar-refractivity contribution in [1.29, 1.82) is 0 Å². The number of carboxylic acid groups (broad SMARTS) is 1. The zero-order chi connectivity index (χ0) is 24.0. The maximum absolute atomic E-state index is 11.7. The van der Waals surface area contributed by atoms with E-state index < -0.39 is 17.7 Å². The van der Waals surface area contributed by atoms with Gasteiger partial charge in [0, 0.05) is 11.6 Å². The molecule has 1 amide bonds. The van der Waals surface area contributed by atoms with Crippen molar-refractivity contribution in [2.75, 3.05) is 20.3 Å². The highest BCUT2D eigenvalue weighted by Gasteiger charge is 2.17. The largest absolute Gasteiger partial charge is 0.492 e. The molecule has 3 aromatic rings. The summed E-state index contributed by atoms with van der Waals surface area (Å²) in [6, 6.07) is 12.0. The van der Waals surface area contributed by atoms with Gasteiger partial charge in [0.1, 0.15) is 18.0 Å². The van der Waals surface area contributed by atoms with E-state index in [2.05, 4.69) is 15.4 Å². The lowest BCUT2D eigenvalue weighted by Gasteiger charge is -2.19. The van der Waals surface area contributed by atoms with Gasteiger partial charge in [0.05, 0.1) is 31.2 Å². The van der Waals surface area contributed by atoms with Gasteiger partial charge in [0.2, 0.25) is 5.88 Å². The third-order valence-corrected chi connectivity index (χ3v) is 4.29. The molecule has 174 valence electrons. The van der Waals surface area contributed by atoms with E-state index in [1.165, 1.54) is 17.9 Å². The highest BCUT2D eigenvalue weighted by atomic mass is 16.6. The number of aromatic carboxylic acids is 1. The predicted molar refractivity (Wildman–Crippen MR) is 120 cm³/mol. The van der Waals surface area contributed by atoms with Crippen molar-refractivity contribution < 1.29 is 28.9 Å². The van der Waals surface area contributed by atoms with Crippen molar-refractivity contribution in [2.45, 2.75) is 26.4 Å². The first kappa shape index (κ1) is 23.6. The minimum atomic E-state index is -1.13. The maximum atomic E-state index is 11.7. The van der Waals surface area contributed by atoms with Gasteiger partial charge >= 0.3 is 12.1 Å². The Labute approximate surface area is 191 Å². The number of nitrogens with zero attached hydrogens (tertiary/aromatic N) is 3. The SMILES string of the molecule is COc1ccc(-n2nc(C(=O)O)cc2-c2ccc(OCCNC(=O)OC(C)(C)C)cc2)cn1. The fourth-order valence-corrected chi connectivity index (χ4v) is 2.86. The van der Waals surface area contributed by atoms with Gasteiger partial charge in [-0.25, -0.2) is 19.3 Å². The highest BCUT2D eigenvalue weighted by Crippen LogP contribution is 2.26. The number of benzene rings is 1. The quantitative estimate of drug-likeness (QED) is 0.495. The van der Waals surface area contributed by atoms with Gasteiger partial charge in [-0.15, -0.1) is 0 Å². The van der Waals surface area contributed by atoms with Crippen LogP contribution in [0.15, 0.2) is 48.7 Å². The number of amides is 1. The number of nitrogens with one attached hydrogen (secondary N) is 1. The molecule has 0 aliphatic heterocycles. The Morgan fingerprint density at radius 3 is 2.42 bits per heavy atom. The first-order valence-corrected chi connectivity index (χ1v) is 10.2. The molecule has 0 radical (unpaired) electrons. The number of hydrogen-bond donors (Lipinski definition) is 2. The average Bonchev–Trinajstić information content (AvgIpc) is 3.22. The van der Waals surface area contributed by atoms with Gasteiger partial charge in [-0.1, -0.05) is 0 Å². The van der Waals surface area contributed by atoms with Crippen molar-refractivity contribution in [1.82, 2.24) is 20.1 Å². The number of carbonyl (C=O) groups is 2. The predicted octanol–water partition coefficient (Wildman–Crippen LogP) is 3.54. The number of alkyl carbamates (subject to hydrolysis) is 1. The van der Waals surface area contributed by atoms with E-state index in [0.29, 0.717) is 23.0 Å². The van der Waals surface area contributed by atoms with Crippen LogP contribution in [0.3, 0.4) is 0 Å². The second-order valence-electron chi connectivity index (χ2n) is 7.99. The fourth-order valence-electron chi connectivity index (χ4n) is 2.86. The summed E-state index contributed by atoms with van der Waals surface area (Å²) in [4.78, 5) is 27.3. The molecule has 2 aromatic heterocycles. The van der Waals surface area contributed by atoms with Gasteiger partial charge in [0.25, 0.3) is 0 Å². The summed E-state index contributed by atoms with van der Waals surface area (Å²) in [6.07, 6.45) is 1.05. The molecule has 1 aromatic carbocycles. The van der Waals surface area contributed by atoms with E-state index in [0.717, 1.165) is 5.56 Å². The van der Waals surface area contributed by atoms with Crippen LogP contribution in [0.1, 0.15) is 31.3 Å². The number of ether oxygens (including phenoxy) is 3. The zero-order valence-corrected chi connectivity index (χ0v) is 18.9.